The highest BCUT2D eigenvalue weighted by Crippen LogP contribution is 2.12. The molecular weight excluding hydrogens is 192 g/mol. The van der Waals surface area contributed by atoms with Gasteiger partial charge in [0.15, 0.2) is 0 Å². The maximum absolute atomic E-state index is 11.3. The number of carbonyl (C=O) groups is 2. The summed E-state index contributed by atoms with van der Waals surface area (Å²) >= 11 is 0. The van der Waals surface area contributed by atoms with Gasteiger partial charge in [-0.15, -0.1) is 0 Å². The molecule has 1 atom stereocenters. The summed E-state index contributed by atoms with van der Waals surface area (Å²) in [6.45, 7) is 7.70. The summed E-state index contributed by atoms with van der Waals surface area (Å²) in [6.07, 6.45) is 2.23. The lowest BCUT2D eigenvalue weighted by Gasteiger charge is -2.17. The average Bonchev–Trinajstić information content (AvgIpc) is 2.13. The normalized spacial score (nSPS) is 12.6. The third kappa shape index (κ3) is 8.16. The lowest BCUT2D eigenvalue weighted by Crippen LogP contribution is -2.19. The second-order valence-electron chi connectivity index (χ2n) is 4.35. The number of esters is 1. The van der Waals surface area contributed by atoms with Crippen LogP contribution in [0.15, 0.2) is 0 Å². The number of carbonyl (C=O) groups excluding carboxylic acids is 2. The van der Waals surface area contributed by atoms with Crippen LogP contribution in [0.25, 0.3) is 0 Å². The summed E-state index contributed by atoms with van der Waals surface area (Å²) < 4.78 is 5.27. The summed E-state index contributed by atoms with van der Waals surface area (Å²) in [5.41, 5.74) is 0. The molecule has 15 heavy (non-hydrogen) atoms. The Labute approximate surface area is 92.2 Å². The van der Waals surface area contributed by atoms with E-state index in [4.69, 9.17) is 4.74 Å². The van der Waals surface area contributed by atoms with Crippen LogP contribution in [0.2, 0.25) is 0 Å². The molecular formula is C12H22O3. The Morgan fingerprint density at radius 1 is 1.20 bits per heavy atom. The molecule has 0 aliphatic rings. The molecule has 0 amide bonds. The molecule has 0 aromatic heterocycles. The molecule has 1 unspecified atom stereocenters. The minimum Gasteiger partial charge on any atom is -0.462 e. The predicted molar refractivity (Wildman–Crippen MR) is 59.5 cm³/mol. The van der Waals surface area contributed by atoms with Crippen LogP contribution in [0.3, 0.4) is 0 Å². The predicted octanol–water partition coefficient (Wildman–Crippen LogP) is 2.72. The summed E-state index contributed by atoms with van der Waals surface area (Å²) in [4.78, 5) is 22.0. The zero-order valence-corrected chi connectivity index (χ0v) is 10.2. The van der Waals surface area contributed by atoms with Gasteiger partial charge in [0.2, 0.25) is 0 Å². The number of rotatable bonds is 7. The smallest absolute Gasteiger partial charge is 0.306 e. The third-order valence-electron chi connectivity index (χ3n) is 2.17. The van der Waals surface area contributed by atoms with E-state index in [1.165, 1.54) is 6.92 Å². The Morgan fingerprint density at radius 3 is 2.20 bits per heavy atom. The largest absolute Gasteiger partial charge is 0.462 e. The Bertz CT molecular complexity index is 209. The molecule has 0 aliphatic carbocycles. The van der Waals surface area contributed by atoms with Gasteiger partial charge < -0.3 is 9.53 Å². The molecule has 3 nitrogen and oxygen atoms in total. The van der Waals surface area contributed by atoms with Crippen molar-refractivity contribution in [3.05, 3.63) is 0 Å². The summed E-state index contributed by atoms with van der Waals surface area (Å²) in [5, 5.41) is 0. The minimum absolute atomic E-state index is 0.00413. The Morgan fingerprint density at radius 2 is 1.80 bits per heavy atom. The van der Waals surface area contributed by atoms with Crippen LogP contribution in [0.5, 0.6) is 0 Å². The van der Waals surface area contributed by atoms with Crippen molar-refractivity contribution in [2.24, 2.45) is 5.92 Å². The van der Waals surface area contributed by atoms with Crippen molar-refractivity contribution in [3.8, 4) is 0 Å². The molecule has 0 aliphatic heterocycles. The molecule has 0 fully saturated rings. The molecule has 0 N–H and O–H groups in total. The van der Waals surface area contributed by atoms with E-state index in [2.05, 4.69) is 13.8 Å². The van der Waals surface area contributed by atoms with Crippen LogP contribution in [-0.2, 0) is 14.3 Å². The maximum Gasteiger partial charge on any atom is 0.306 e. The van der Waals surface area contributed by atoms with Crippen molar-refractivity contribution >= 4 is 11.8 Å². The quantitative estimate of drug-likeness (QED) is 0.612. The highest BCUT2D eigenvalue weighted by atomic mass is 16.5. The number of hydrogen-bond acceptors (Lipinski definition) is 3. The second-order valence-corrected chi connectivity index (χ2v) is 4.35. The zero-order chi connectivity index (χ0) is 11.8. The number of ketones is 1. The number of hydrogen-bond donors (Lipinski definition) is 0. The van der Waals surface area contributed by atoms with Gasteiger partial charge in [0.05, 0.1) is 6.42 Å². The van der Waals surface area contributed by atoms with Gasteiger partial charge >= 0.3 is 5.97 Å². The van der Waals surface area contributed by atoms with E-state index < -0.39 is 0 Å². The van der Waals surface area contributed by atoms with E-state index in [0.29, 0.717) is 5.92 Å². The molecule has 0 bridgehead atoms. The van der Waals surface area contributed by atoms with Gasteiger partial charge in [-0.25, -0.2) is 0 Å². The Kier molecular flexibility index (Phi) is 7.01. The second kappa shape index (κ2) is 7.43. The molecule has 0 saturated heterocycles. The van der Waals surface area contributed by atoms with Crippen molar-refractivity contribution < 1.29 is 14.3 Å². The van der Waals surface area contributed by atoms with Gasteiger partial charge in [0.1, 0.15) is 11.9 Å². The van der Waals surface area contributed by atoms with Crippen molar-refractivity contribution in [1.29, 1.82) is 0 Å². The summed E-state index contributed by atoms with van der Waals surface area (Å²) in [7, 11) is 0. The number of ether oxygens (including phenoxy) is 1. The van der Waals surface area contributed by atoms with Crippen LogP contribution in [-0.4, -0.2) is 17.9 Å². The standard InChI is InChI=1S/C12H22O3/c1-5-11(8-9(2)3)15-12(14)7-6-10(4)13/h9,11H,5-8H2,1-4H3. The lowest BCUT2D eigenvalue weighted by atomic mass is 10.0. The van der Waals surface area contributed by atoms with Gasteiger partial charge in [0, 0.05) is 6.42 Å². The lowest BCUT2D eigenvalue weighted by molar-refractivity contribution is -0.150. The molecule has 0 heterocycles. The molecule has 0 saturated carbocycles. The van der Waals surface area contributed by atoms with E-state index in [-0.39, 0.29) is 30.7 Å². The van der Waals surface area contributed by atoms with E-state index in [1.54, 1.807) is 0 Å². The average molecular weight is 214 g/mol. The van der Waals surface area contributed by atoms with Crippen LogP contribution in [0.4, 0.5) is 0 Å². The highest BCUT2D eigenvalue weighted by molar-refractivity contribution is 5.81. The molecule has 0 rings (SSSR count). The van der Waals surface area contributed by atoms with Crippen molar-refractivity contribution in [2.75, 3.05) is 0 Å². The Hall–Kier alpha value is -0.860. The SMILES string of the molecule is CCC(CC(C)C)OC(=O)CCC(C)=O. The van der Waals surface area contributed by atoms with Crippen LogP contribution >= 0.6 is 0 Å². The fraction of sp³-hybridized carbons (Fsp3) is 0.833. The molecule has 0 aromatic rings. The summed E-state index contributed by atoms with van der Waals surface area (Å²) in [6, 6.07) is 0. The first-order chi connectivity index (χ1) is 6.95. The minimum atomic E-state index is -0.252. The van der Waals surface area contributed by atoms with Crippen LogP contribution in [0.1, 0.15) is 53.4 Å². The molecule has 0 spiro atoms. The summed E-state index contributed by atoms with van der Waals surface area (Å²) in [5.74, 6) is 0.303. The molecule has 0 aromatic carbocycles. The van der Waals surface area contributed by atoms with Gasteiger partial charge in [-0.2, -0.15) is 0 Å². The fourth-order valence-electron chi connectivity index (χ4n) is 1.35. The highest BCUT2D eigenvalue weighted by Gasteiger charge is 2.14. The van der Waals surface area contributed by atoms with Gasteiger partial charge in [0.25, 0.3) is 0 Å². The Balaban J connectivity index is 3.85. The first-order valence-electron chi connectivity index (χ1n) is 5.64. The third-order valence-corrected chi connectivity index (χ3v) is 2.17. The van der Waals surface area contributed by atoms with E-state index >= 15 is 0 Å². The zero-order valence-electron chi connectivity index (χ0n) is 10.2. The van der Waals surface area contributed by atoms with Crippen molar-refractivity contribution in [2.45, 2.75) is 59.5 Å². The van der Waals surface area contributed by atoms with E-state index in [1.807, 2.05) is 6.92 Å². The van der Waals surface area contributed by atoms with Crippen molar-refractivity contribution in [3.63, 3.8) is 0 Å². The van der Waals surface area contributed by atoms with Gasteiger partial charge in [-0.05, 0) is 25.7 Å². The van der Waals surface area contributed by atoms with E-state index in [9.17, 15) is 9.59 Å². The molecule has 88 valence electrons. The van der Waals surface area contributed by atoms with Gasteiger partial charge in [-0.1, -0.05) is 20.8 Å². The van der Waals surface area contributed by atoms with Crippen LogP contribution < -0.4 is 0 Å². The first-order valence-corrected chi connectivity index (χ1v) is 5.64. The van der Waals surface area contributed by atoms with Gasteiger partial charge in [-0.3, -0.25) is 4.79 Å². The molecule has 0 radical (unpaired) electrons. The molecule has 3 heteroatoms. The number of Topliss-reactive ketones (excluding diaryl/α,β-unsaturated/α-hetero) is 1. The topological polar surface area (TPSA) is 43.4 Å². The van der Waals surface area contributed by atoms with Crippen LogP contribution in [0, 0.1) is 5.92 Å². The van der Waals surface area contributed by atoms with E-state index in [0.717, 1.165) is 12.8 Å². The van der Waals surface area contributed by atoms with Crippen molar-refractivity contribution in [1.82, 2.24) is 0 Å². The monoisotopic (exact) mass is 214 g/mol. The fourth-order valence-corrected chi connectivity index (χ4v) is 1.35. The maximum atomic E-state index is 11.3. The first kappa shape index (κ1) is 14.1.